The van der Waals surface area contributed by atoms with Gasteiger partial charge >= 0.3 is 5.97 Å². The molecule has 1 atom stereocenters. The fraction of sp³-hybridized carbons (Fsp3) is 0.286. The number of esters is 1. The molecule has 1 aliphatic heterocycles. The largest absolute Gasteiger partial charge is 0.426 e. The van der Waals surface area contributed by atoms with E-state index in [9.17, 15) is 4.79 Å². The number of benzene rings is 4. The molecule has 0 aromatic heterocycles. The number of cyclic esters (lactones) is 1. The van der Waals surface area contributed by atoms with Crippen LogP contribution in [0.2, 0.25) is 0 Å². The van der Waals surface area contributed by atoms with Crippen molar-refractivity contribution in [3.8, 4) is 0 Å². The lowest BCUT2D eigenvalue weighted by atomic mass is 9.87. The fourth-order valence-corrected chi connectivity index (χ4v) is 5.81. The van der Waals surface area contributed by atoms with Crippen LogP contribution in [0.3, 0.4) is 0 Å². The molecule has 0 spiro atoms. The molecule has 0 saturated carbocycles. The van der Waals surface area contributed by atoms with Gasteiger partial charge in [-0.25, -0.2) is 4.79 Å². The number of carbonyl (C=O) groups is 1. The van der Waals surface area contributed by atoms with Crippen LogP contribution in [0.15, 0.2) is 91.0 Å². The van der Waals surface area contributed by atoms with Crippen LogP contribution >= 0.6 is 0 Å². The first-order chi connectivity index (χ1) is 19.7. The van der Waals surface area contributed by atoms with E-state index < -0.39 is 5.72 Å². The number of ether oxygens (including phenoxy) is 1. The number of fused-ring (bicyclic) bond motifs is 1. The molecule has 5 rings (SSSR count). The van der Waals surface area contributed by atoms with Crippen molar-refractivity contribution < 1.29 is 9.53 Å². The molecule has 212 valence electrons. The first-order valence-electron chi connectivity index (χ1n) is 14.2. The Bertz CT molecular complexity index is 1470. The number of carbonyl (C=O) groups excluding carboxylic acids is 1. The van der Waals surface area contributed by atoms with Gasteiger partial charge in [-0.2, -0.15) is 0 Å². The van der Waals surface area contributed by atoms with Crippen LogP contribution in [-0.4, -0.2) is 47.2 Å². The summed E-state index contributed by atoms with van der Waals surface area (Å²) in [5.41, 5.74) is 7.37. The summed E-state index contributed by atoms with van der Waals surface area (Å²) < 4.78 is 6.62. The molecule has 0 amide bonds. The van der Waals surface area contributed by atoms with Gasteiger partial charge in [0.05, 0.1) is 5.56 Å². The Morgan fingerprint density at radius 3 is 1.61 bits per heavy atom. The van der Waals surface area contributed by atoms with Gasteiger partial charge in [-0.05, 0) is 93.1 Å². The highest BCUT2D eigenvalue weighted by Crippen LogP contribution is 2.51. The smallest absolute Gasteiger partial charge is 0.341 e. The van der Waals surface area contributed by atoms with E-state index in [1.807, 2.05) is 52.5 Å². The lowest BCUT2D eigenvalue weighted by molar-refractivity contribution is 0.0132. The van der Waals surface area contributed by atoms with E-state index in [1.165, 1.54) is 0 Å². The highest BCUT2D eigenvalue weighted by Gasteiger charge is 2.53. The molecule has 1 heterocycles. The molecule has 0 N–H and O–H groups in total. The fourth-order valence-electron chi connectivity index (χ4n) is 5.81. The summed E-state index contributed by atoms with van der Waals surface area (Å²) in [6.07, 6.45) is 0. The van der Waals surface area contributed by atoms with Crippen molar-refractivity contribution >= 4 is 34.4 Å². The molecule has 1 unspecified atom stereocenters. The Labute approximate surface area is 244 Å². The standard InChI is InChI=1S/C35H40N4O2/c1-8-38(9-2)30-22-23-32(25(3)24-30)35(33-13-11-10-12-31(33)34(40)41-35)39(28-18-14-26(15-19-28)36(4)5)29-20-16-27(17-21-29)37(6)7/h10-24H,8-9H2,1-7H3. The Balaban J connectivity index is 1.81. The normalized spacial score (nSPS) is 15.7. The summed E-state index contributed by atoms with van der Waals surface area (Å²) >= 11 is 0. The minimum Gasteiger partial charge on any atom is -0.426 e. The van der Waals surface area contributed by atoms with Crippen molar-refractivity contribution in [2.24, 2.45) is 0 Å². The van der Waals surface area contributed by atoms with Crippen LogP contribution in [-0.2, 0) is 10.5 Å². The first kappa shape index (κ1) is 28.1. The predicted molar refractivity (Wildman–Crippen MR) is 171 cm³/mol. The average Bonchev–Trinajstić information content (AvgIpc) is 3.27. The lowest BCUT2D eigenvalue weighted by Gasteiger charge is -2.43. The van der Waals surface area contributed by atoms with Gasteiger partial charge in [-0.15, -0.1) is 0 Å². The molecule has 41 heavy (non-hydrogen) atoms. The van der Waals surface area contributed by atoms with Crippen LogP contribution in [0.5, 0.6) is 0 Å². The molecule has 6 heteroatoms. The summed E-state index contributed by atoms with van der Waals surface area (Å²) in [5, 5.41) is 0. The Hall–Kier alpha value is -4.45. The van der Waals surface area contributed by atoms with Crippen molar-refractivity contribution in [2.45, 2.75) is 26.5 Å². The van der Waals surface area contributed by atoms with Crippen molar-refractivity contribution in [2.75, 3.05) is 60.9 Å². The minimum atomic E-state index is -1.21. The van der Waals surface area contributed by atoms with Crippen molar-refractivity contribution in [3.05, 3.63) is 113 Å². The molecule has 0 fully saturated rings. The van der Waals surface area contributed by atoms with Crippen LogP contribution in [0.4, 0.5) is 28.4 Å². The van der Waals surface area contributed by atoms with E-state index in [0.717, 1.165) is 58.2 Å². The third-order valence-corrected chi connectivity index (χ3v) is 8.02. The van der Waals surface area contributed by atoms with Gasteiger partial charge < -0.3 is 19.4 Å². The van der Waals surface area contributed by atoms with Gasteiger partial charge in [0.15, 0.2) is 0 Å². The monoisotopic (exact) mass is 548 g/mol. The predicted octanol–water partition coefficient (Wildman–Crippen LogP) is 7.18. The average molecular weight is 549 g/mol. The van der Waals surface area contributed by atoms with Crippen LogP contribution < -0.4 is 19.6 Å². The Kier molecular flexibility index (Phi) is 7.68. The number of aryl methyl sites for hydroxylation is 1. The van der Waals surface area contributed by atoms with Crippen molar-refractivity contribution in [1.82, 2.24) is 0 Å². The highest BCUT2D eigenvalue weighted by molar-refractivity contribution is 5.97. The summed E-state index contributed by atoms with van der Waals surface area (Å²) in [7, 11) is 8.13. The molecular formula is C35H40N4O2. The first-order valence-corrected chi connectivity index (χ1v) is 14.2. The van der Waals surface area contributed by atoms with Gasteiger partial charge in [0.1, 0.15) is 0 Å². The molecule has 0 saturated heterocycles. The summed E-state index contributed by atoms with van der Waals surface area (Å²) in [4.78, 5) is 22.3. The van der Waals surface area contributed by atoms with Crippen LogP contribution in [0, 0.1) is 6.92 Å². The SMILES string of the molecule is CCN(CC)c1ccc(C2(N(c3ccc(N(C)C)cc3)c3ccc(N(C)C)cc3)OC(=O)c3ccccc32)c(C)c1. The number of hydrogen-bond acceptors (Lipinski definition) is 6. The Morgan fingerprint density at radius 1 is 0.634 bits per heavy atom. The van der Waals surface area contributed by atoms with Crippen molar-refractivity contribution in [1.29, 1.82) is 0 Å². The molecule has 0 radical (unpaired) electrons. The van der Waals surface area contributed by atoms with E-state index in [0.29, 0.717) is 5.56 Å². The molecule has 0 aliphatic carbocycles. The molecule has 4 aromatic rings. The Morgan fingerprint density at radius 2 is 1.12 bits per heavy atom. The lowest BCUT2D eigenvalue weighted by Crippen LogP contribution is -2.45. The van der Waals surface area contributed by atoms with Crippen molar-refractivity contribution in [3.63, 3.8) is 0 Å². The quantitative estimate of drug-likeness (QED) is 0.206. The summed E-state index contributed by atoms with van der Waals surface area (Å²) in [6, 6.07) is 31.1. The second-order valence-corrected chi connectivity index (χ2v) is 10.9. The molecule has 4 aromatic carbocycles. The van der Waals surface area contributed by atoms with E-state index in [4.69, 9.17) is 4.74 Å². The maximum Gasteiger partial charge on any atom is 0.341 e. The van der Waals surface area contributed by atoms with Gasteiger partial charge in [0.2, 0.25) is 5.72 Å². The van der Waals surface area contributed by atoms with E-state index >= 15 is 0 Å². The van der Waals surface area contributed by atoms with Gasteiger partial charge in [0, 0.05) is 80.8 Å². The zero-order valence-electron chi connectivity index (χ0n) is 25.2. The van der Waals surface area contributed by atoms with Gasteiger partial charge in [0.25, 0.3) is 0 Å². The zero-order valence-corrected chi connectivity index (χ0v) is 25.2. The van der Waals surface area contributed by atoms with Gasteiger partial charge in [-0.3, -0.25) is 4.90 Å². The summed E-state index contributed by atoms with van der Waals surface area (Å²) in [6.45, 7) is 8.28. The van der Waals surface area contributed by atoms with Crippen LogP contribution in [0.25, 0.3) is 0 Å². The molecule has 1 aliphatic rings. The number of anilines is 5. The second kappa shape index (κ2) is 11.2. The number of hydrogen-bond donors (Lipinski definition) is 0. The van der Waals surface area contributed by atoms with Crippen LogP contribution in [0.1, 0.15) is 40.9 Å². The topological polar surface area (TPSA) is 39.3 Å². The number of rotatable bonds is 9. The second-order valence-electron chi connectivity index (χ2n) is 10.9. The molecule has 6 nitrogen and oxygen atoms in total. The van der Waals surface area contributed by atoms with E-state index in [-0.39, 0.29) is 5.97 Å². The van der Waals surface area contributed by atoms with E-state index in [2.05, 4.69) is 107 Å². The highest BCUT2D eigenvalue weighted by atomic mass is 16.6. The molecule has 0 bridgehead atoms. The van der Waals surface area contributed by atoms with E-state index in [1.54, 1.807) is 0 Å². The third-order valence-electron chi connectivity index (χ3n) is 8.02. The minimum absolute atomic E-state index is 0.326. The zero-order chi connectivity index (χ0) is 29.3. The van der Waals surface area contributed by atoms with Gasteiger partial charge in [-0.1, -0.05) is 24.3 Å². The summed E-state index contributed by atoms with van der Waals surface area (Å²) in [5.74, 6) is -0.326. The maximum atomic E-state index is 13.6. The number of nitrogens with zero attached hydrogens (tertiary/aromatic N) is 4. The maximum absolute atomic E-state index is 13.6. The third kappa shape index (κ3) is 4.88. The molecular weight excluding hydrogens is 508 g/mol.